The molecule has 0 aliphatic rings. The summed E-state index contributed by atoms with van der Waals surface area (Å²) in [6.07, 6.45) is 14.4. The zero-order valence-electron chi connectivity index (χ0n) is 56.2. The summed E-state index contributed by atoms with van der Waals surface area (Å²) in [6.45, 7) is 0. The van der Waals surface area contributed by atoms with Gasteiger partial charge in [-0.1, -0.05) is 121 Å². The molecule has 0 fully saturated rings. The molecule has 0 bridgehead atoms. The number of carbonyl (C=O) groups excluding carboxylic acids is 6. The summed E-state index contributed by atoms with van der Waals surface area (Å²) in [4.78, 5) is 123. The first-order valence-electron chi connectivity index (χ1n) is 31.2. The monoisotopic (exact) mass is 1550 g/mol. The molecule has 0 atom stereocenters. The topological polar surface area (TPSA) is 500 Å². The van der Waals surface area contributed by atoms with Crippen LogP contribution < -0.4 is 40.1 Å². The minimum atomic E-state index is -1.85. The number of carbonyl (C=O) groups is 8. The number of rotatable bonds is 12. The normalized spacial score (nSPS) is 10.1. The van der Waals surface area contributed by atoms with Gasteiger partial charge in [0, 0.05) is 126 Å². The van der Waals surface area contributed by atoms with Crippen molar-refractivity contribution in [3.63, 3.8) is 0 Å². The van der Waals surface area contributed by atoms with E-state index in [2.05, 4.69) is 137 Å². The molecule has 28 nitrogen and oxygen atoms in total. The van der Waals surface area contributed by atoms with Crippen molar-refractivity contribution in [2.75, 3.05) is 0 Å². The van der Waals surface area contributed by atoms with Crippen molar-refractivity contribution in [2.24, 2.45) is 0 Å². The predicted molar refractivity (Wildman–Crippen MR) is 381 cm³/mol. The van der Waals surface area contributed by atoms with Crippen LogP contribution in [0.25, 0.3) is 87.2 Å². The van der Waals surface area contributed by atoms with Crippen LogP contribution in [-0.4, -0.2) is 109 Å². The molecule has 30 heteroatoms. The zero-order chi connectivity index (χ0) is 75.0. The first-order chi connectivity index (χ1) is 51.2. The fourth-order valence-corrected chi connectivity index (χ4v) is 10.9. The van der Waals surface area contributed by atoms with Crippen LogP contribution in [0.4, 0.5) is 0 Å². The van der Waals surface area contributed by atoms with E-state index in [0.29, 0.717) is 0 Å². The average Bonchev–Trinajstić information content (AvgIpc) is 0.827. The molecule has 0 saturated carbocycles. The van der Waals surface area contributed by atoms with E-state index in [4.69, 9.17) is 19.7 Å². The van der Waals surface area contributed by atoms with Gasteiger partial charge in [-0.05, 0) is 97.1 Å². The van der Waals surface area contributed by atoms with Gasteiger partial charge in [0.15, 0.2) is 0 Å². The smallest absolute Gasteiger partial charge is 0.545 e. The van der Waals surface area contributed by atoms with Gasteiger partial charge in [-0.25, -0.2) is 9.59 Å². The maximum absolute atomic E-state index is 11.2. The van der Waals surface area contributed by atoms with E-state index in [1.165, 1.54) is 12.1 Å². The summed E-state index contributed by atoms with van der Waals surface area (Å²) >= 11 is 0. The van der Waals surface area contributed by atoms with Crippen LogP contribution in [0.2, 0.25) is 0 Å². The van der Waals surface area contributed by atoms with Crippen molar-refractivity contribution in [2.45, 2.75) is 0 Å². The van der Waals surface area contributed by atoms with Crippen molar-refractivity contribution in [3.8, 4) is 23.0 Å². The van der Waals surface area contributed by atoms with Crippen LogP contribution in [0.3, 0.4) is 0 Å². The summed E-state index contributed by atoms with van der Waals surface area (Å²) < 4.78 is 10.4. The Hall–Kier alpha value is -14.6. The number of aromatic nitrogens is 8. The average molecular weight is 1550 g/mol. The molecule has 8 heterocycles. The van der Waals surface area contributed by atoms with Crippen LogP contribution in [0.15, 0.2) is 268 Å². The number of ether oxygens (including phenoxy) is 2. The van der Waals surface area contributed by atoms with E-state index >= 15 is 0 Å². The third kappa shape index (κ3) is 19.3. The number of aromatic carboxylic acids is 8. The predicted octanol–water partition coefficient (Wildman–Crippen LogP) is 6.01. The molecule has 8 aromatic heterocycles. The molecular weight excluding hydrogens is 1500 g/mol. The summed E-state index contributed by atoms with van der Waals surface area (Å²) in [7, 11) is 0. The maximum atomic E-state index is 11.2. The number of hydrogen-bond acceptors (Lipinski definition) is 24. The Bertz CT molecular complexity index is 5350. The number of carboxylic acids is 8. The quantitative estimate of drug-likeness (QED) is 0.104. The molecule has 6 N–H and O–H groups in total. The van der Waals surface area contributed by atoms with Crippen LogP contribution >= 0.6 is 0 Å². The molecule has 0 amide bonds. The molecule has 8 aromatic carbocycles. The van der Waals surface area contributed by atoms with Crippen molar-refractivity contribution >= 4 is 135 Å². The molecule has 0 aliphatic heterocycles. The van der Waals surface area contributed by atoms with Gasteiger partial charge in [-0.15, -0.1) is 0 Å². The minimum absolute atomic E-state index is 0. The second-order valence-corrected chi connectivity index (χ2v) is 22.2. The standard InChI is InChI=1S/2C16H10O9.4C12H8N2.2Mn.2H2O/c2*17-13(18)8-5-4-7(6-10(8)15(21)22)25-11-3-1-2-9(14(19)20)12(11)16(23)24;4*1-3-9-5-6-10-4-2-8-14-12(10)11(9)13-7-1;;;;/h2*1-6H,(H,17,18)(H,19,20)(H,21,22)(H,23,24);4*1-8H;;;2*1H2/q;;;;;;2*+3;;/p-6. The Kier molecular flexibility index (Phi) is 28.5. The third-order valence-corrected chi connectivity index (χ3v) is 15.6. The largest absolute Gasteiger partial charge is 3.00 e. The Labute approximate surface area is 640 Å². The van der Waals surface area contributed by atoms with Crippen LogP contribution in [0.5, 0.6) is 23.0 Å². The van der Waals surface area contributed by atoms with Crippen LogP contribution in [0, 0.1) is 0 Å². The summed E-state index contributed by atoms with van der Waals surface area (Å²) in [5.74, 6) is -15.2. The molecule has 0 aliphatic carbocycles. The van der Waals surface area contributed by atoms with Gasteiger partial charge in [-0.3, -0.25) is 39.9 Å². The van der Waals surface area contributed by atoms with Gasteiger partial charge in [0.1, 0.15) is 23.0 Å². The van der Waals surface area contributed by atoms with E-state index in [0.717, 1.165) is 148 Å². The Balaban J connectivity index is 0.000000185. The first kappa shape index (κ1) is 82.6. The SMILES string of the molecule is O.O.O=C([O-])c1cc(Oc2cccc(C(=O)[O-])c2C(=O)[O-])ccc1C(=O)O.O=C([O-])c1cc(Oc2cccc(C(=O)[O-])c2C(=O)[O-])ccc1C(=O)O.[Mn+3].[Mn+3].c1cnc2c(c1)ccc1cccnc12.c1cnc2c(c1)ccc1cccnc12.c1cnc2c(c1)ccc1cccnc12.c1cnc2c(c1)ccc1cccnc12. The summed E-state index contributed by atoms with van der Waals surface area (Å²) in [6, 6.07) is 60.7. The van der Waals surface area contributed by atoms with E-state index in [1.54, 1.807) is 49.6 Å². The number of nitrogens with zero attached hydrogens (tertiary/aromatic N) is 8. The molecule has 0 unspecified atom stereocenters. The Morgan fingerprint density at radius 1 is 0.245 bits per heavy atom. The van der Waals surface area contributed by atoms with Gasteiger partial charge in [0.05, 0.1) is 91.1 Å². The molecule has 16 rings (SSSR count). The Morgan fingerprint density at radius 3 is 0.636 bits per heavy atom. The van der Waals surface area contributed by atoms with Crippen molar-refractivity contribution in [3.05, 3.63) is 312 Å². The fourth-order valence-electron chi connectivity index (χ4n) is 10.9. The van der Waals surface area contributed by atoms with E-state index in [-0.39, 0.29) is 56.6 Å². The molecule has 0 saturated heterocycles. The summed E-state index contributed by atoms with van der Waals surface area (Å²) in [5, 5.41) is 93.4. The Morgan fingerprint density at radius 2 is 0.455 bits per heavy atom. The van der Waals surface area contributed by atoms with Gasteiger partial charge in [0.2, 0.25) is 0 Å². The second kappa shape index (κ2) is 37.9. The second-order valence-electron chi connectivity index (χ2n) is 22.2. The molecule has 544 valence electrons. The van der Waals surface area contributed by atoms with Gasteiger partial charge < -0.3 is 90.0 Å². The number of benzene rings is 8. The van der Waals surface area contributed by atoms with Crippen molar-refractivity contribution in [1.82, 2.24) is 39.9 Å². The first-order valence-corrected chi connectivity index (χ1v) is 31.2. The number of pyridine rings is 8. The van der Waals surface area contributed by atoms with E-state index < -0.39 is 104 Å². The third-order valence-electron chi connectivity index (χ3n) is 15.6. The van der Waals surface area contributed by atoms with Crippen molar-refractivity contribution in [1.29, 1.82) is 0 Å². The van der Waals surface area contributed by atoms with E-state index in [9.17, 15) is 69.0 Å². The summed E-state index contributed by atoms with van der Waals surface area (Å²) in [5.41, 5.74) is 2.30. The van der Waals surface area contributed by atoms with Gasteiger partial charge >= 0.3 is 46.1 Å². The zero-order valence-corrected chi connectivity index (χ0v) is 58.5. The number of fused-ring (bicyclic) bond motifs is 12. The van der Waals surface area contributed by atoms with Crippen LogP contribution in [-0.2, 0) is 34.1 Å². The van der Waals surface area contributed by atoms with E-state index in [1.807, 2.05) is 48.5 Å². The molecule has 0 spiro atoms. The molecule has 16 aromatic rings. The minimum Gasteiger partial charge on any atom is -0.545 e. The van der Waals surface area contributed by atoms with Gasteiger partial charge in [-0.2, -0.15) is 0 Å². The number of hydrogen-bond donors (Lipinski definition) is 2. The molecule has 0 radical (unpaired) electrons. The van der Waals surface area contributed by atoms with Crippen molar-refractivity contribution < 1.29 is 134 Å². The van der Waals surface area contributed by atoms with Gasteiger partial charge in [0.25, 0.3) is 0 Å². The fraction of sp³-hybridized carbons (Fsp3) is 0. The number of carboxylic acid groups (broad SMARTS) is 8. The maximum Gasteiger partial charge on any atom is 3.00 e. The molecular formula is C80H50Mn2N8O20. The van der Waals surface area contributed by atoms with Crippen LogP contribution in [0.1, 0.15) is 82.9 Å². The molecule has 110 heavy (non-hydrogen) atoms.